The molecular weight excluding hydrogens is 407 g/mol. The van der Waals surface area contributed by atoms with Crippen molar-refractivity contribution in [1.82, 2.24) is 15.3 Å². The fraction of sp³-hybridized carbons (Fsp3) is 0.545. The molecule has 0 atom stereocenters. The molecule has 0 unspecified atom stereocenters. The Kier molecular flexibility index (Phi) is 7.25. The molecule has 1 heterocycles. The minimum absolute atomic E-state index is 0.190. The molecule has 1 aromatic carbocycles. The minimum Gasteiger partial charge on any atom is -0.406 e. The number of anilines is 2. The van der Waals surface area contributed by atoms with Crippen LogP contribution in [-0.2, 0) is 6.54 Å². The van der Waals surface area contributed by atoms with Crippen LogP contribution in [0.2, 0.25) is 0 Å². The summed E-state index contributed by atoms with van der Waals surface area (Å²) in [5.74, 6) is 1.39. The SMILES string of the molecule is Cc1nc(N[C@H]2CC[C@@H](NCc3cccc(OC(F)(F)F)c3)CC2)nc(N(C)C)c1C. The Balaban J connectivity index is 1.49. The van der Waals surface area contributed by atoms with Crippen LogP contribution in [0, 0.1) is 13.8 Å². The van der Waals surface area contributed by atoms with E-state index >= 15 is 0 Å². The Bertz CT molecular complexity index is 880. The van der Waals surface area contributed by atoms with Crippen LogP contribution in [-0.4, -0.2) is 42.5 Å². The summed E-state index contributed by atoms with van der Waals surface area (Å²) in [4.78, 5) is 11.2. The Hall–Kier alpha value is -2.55. The molecule has 0 spiro atoms. The maximum atomic E-state index is 12.4. The Labute approximate surface area is 181 Å². The monoisotopic (exact) mass is 437 g/mol. The van der Waals surface area contributed by atoms with E-state index in [1.807, 2.05) is 32.8 Å². The van der Waals surface area contributed by atoms with Crippen LogP contribution in [0.3, 0.4) is 0 Å². The fourth-order valence-electron chi connectivity index (χ4n) is 3.85. The van der Waals surface area contributed by atoms with Gasteiger partial charge >= 0.3 is 6.36 Å². The number of alkyl halides is 3. The van der Waals surface area contributed by atoms with Crippen LogP contribution in [0.5, 0.6) is 5.75 Å². The van der Waals surface area contributed by atoms with E-state index in [2.05, 4.69) is 25.3 Å². The van der Waals surface area contributed by atoms with Crippen LogP contribution in [0.1, 0.15) is 42.5 Å². The zero-order valence-corrected chi connectivity index (χ0v) is 18.4. The number of benzene rings is 1. The first-order chi connectivity index (χ1) is 14.6. The van der Waals surface area contributed by atoms with Crippen molar-refractivity contribution in [3.63, 3.8) is 0 Å². The van der Waals surface area contributed by atoms with Crippen molar-refractivity contribution in [1.29, 1.82) is 0 Å². The number of halogens is 3. The van der Waals surface area contributed by atoms with Gasteiger partial charge in [-0.2, -0.15) is 4.98 Å². The van der Waals surface area contributed by atoms with Crippen LogP contribution in [0.25, 0.3) is 0 Å². The van der Waals surface area contributed by atoms with Crippen molar-refractivity contribution in [2.75, 3.05) is 24.3 Å². The van der Waals surface area contributed by atoms with Crippen LogP contribution < -0.4 is 20.3 Å². The third-order valence-electron chi connectivity index (χ3n) is 5.57. The smallest absolute Gasteiger partial charge is 0.406 e. The molecule has 6 nitrogen and oxygen atoms in total. The van der Waals surface area contributed by atoms with E-state index < -0.39 is 6.36 Å². The zero-order chi connectivity index (χ0) is 22.6. The van der Waals surface area contributed by atoms with Crippen LogP contribution in [0.4, 0.5) is 24.9 Å². The molecule has 1 aromatic heterocycles. The Morgan fingerprint density at radius 2 is 1.74 bits per heavy atom. The molecule has 1 fully saturated rings. The minimum atomic E-state index is -4.68. The molecule has 31 heavy (non-hydrogen) atoms. The first-order valence-electron chi connectivity index (χ1n) is 10.5. The van der Waals surface area contributed by atoms with Gasteiger partial charge in [0, 0.05) is 44.0 Å². The van der Waals surface area contributed by atoms with Crippen molar-refractivity contribution in [3.8, 4) is 5.75 Å². The number of aryl methyl sites for hydroxylation is 1. The lowest BCUT2D eigenvalue weighted by molar-refractivity contribution is -0.274. The van der Waals surface area contributed by atoms with Crippen LogP contribution >= 0.6 is 0 Å². The average Bonchev–Trinajstić information content (AvgIpc) is 2.69. The highest BCUT2D eigenvalue weighted by molar-refractivity contribution is 5.51. The standard InChI is InChI=1S/C22H30F3N5O/c1-14-15(2)27-21(29-20(14)30(3)4)28-18-10-8-17(9-11-18)26-13-16-6-5-7-19(12-16)31-22(23,24)25/h5-7,12,17-18,26H,8-11,13H2,1-4H3,(H,27,28,29)/t17-,18+. The van der Waals surface area contributed by atoms with E-state index in [0.29, 0.717) is 24.6 Å². The van der Waals surface area contributed by atoms with Gasteiger partial charge in [-0.3, -0.25) is 0 Å². The van der Waals surface area contributed by atoms with E-state index in [0.717, 1.165) is 48.3 Å². The molecule has 170 valence electrons. The number of ether oxygens (including phenoxy) is 1. The lowest BCUT2D eigenvalue weighted by Crippen LogP contribution is -2.37. The second kappa shape index (κ2) is 9.72. The summed E-state index contributed by atoms with van der Waals surface area (Å²) in [6.07, 6.45) is -0.779. The third-order valence-corrected chi connectivity index (χ3v) is 5.57. The van der Waals surface area contributed by atoms with Gasteiger partial charge in [0.25, 0.3) is 0 Å². The molecular formula is C22H30F3N5O. The number of nitrogens with one attached hydrogen (secondary N) is 2. The van der Waals surface area contributed by atoms with E-state index in [1.54, 1.807) is 12.1 Å². The van der Waals surface area contributed by atoms with Crippen molar-refractivity contribution in [3.05, 3.63) is 41.1 Å². The average molecular weight is 438 g/mol. The van der Waals surface area contributed by atoms with Gasteiger partial charge in [0.15, 0.2) is 0 Å². The third kappa shape index (κ3) is 6.72. The highest BCUT2D eigenvalue weighted by Crippen LogP contribution is 2.26. The summed E-state index contributed by atoms with van der Waals surface area (Å²) < 4.78 is 41.2. The van der Waals surface area contributed by atoms with Crippen molar-refractivity contribution < 1.29 is 17.9 Å². The van der Waals surface area contributed by atoms with Crippen molar-refractivity contribution in [2.45, 2.75) is 64.5 Å². The fourth-order valence-corrected chi connectivity index (χ4v) is 3.85. The largest absolute Gasteiger partial charge is 0.573 e. The quantitative estimate of drug-likeness (QED) is 0.662. The van der Waals surface area contributed by atoms with Gasteiger partial charge in [-0.25, -0.2) is 4.98 Å². The molecule has 0 radical (unpaired) electrons. The first kappa shape index (κ1) is 23.1. The topological polar surface area (TPSA) is 62.3 Å². The van der Waals surface area contributed by atoms with E-state index in [9.17, 15) is 13.2 Å². The summed E-state index contributed by atoms with van der Waals surface area (Å²) >= 11 is 0. The summed E-state index contributed by atoms with van der Waals surface area (Å²) in [5, 5.41) is 6.92. The summed E-state index contributed by atoms with van der Waals surface area (Å²) in [7, 11) is 3.95. The molecule has 0 bridgehead atoms. The van der Waals surface area contributed by atoms with Gasteiger partial charge < -0.3 is 20.3 Å². The summed E-state index contributed by atoms with van der Waals surface area (Å²) in [6, 6.07) is 6.73. The van der Waals surface area contributed by atoms with Gasteiger partial charge in [-0.1, -0.05) is 12.1 Å². The van der Waals surface area contributed by atoms with E-state index in [-0.39, 0.29) is 5.75 Å². The van der Waals surface area contributed by atoms with Gasteiger partial charge in [0.2, 0.25) is 5.95 Å². The number of nitrogens with zero attached hydrogens (tertiary/aromatic N) is 3. The van der Waals surface area contributed by atoms with Crippen molar-refractivity contribution in [2.24, 2.45) is 0 Å². The zero-order valence-electron chi connectivity index (χ0n) is 18.4. The maximum Gasteiger partial charge on any atom is 0.573 e. The molecule has 0 amide bonds. The Morgan fingerprint density at radius 3 is 2.39 bits per heavy atom. The highest BCUT2D eigenvalue weighted by Gasteiger charge is 2.31. The molecule has 9 heteroatoms. The molecule has 1 aliphatic rings. The van der Waals surface area contributed by atoms with Crippen molar-refractivity contribution >= 4 is 11.8 Å². The second-order valence-corrected chi connectivity index (χ2v) is 8.24. The summed E-state index contributed by atoms with van der Waals surface area (Å²) in [5.41, 5.74) is 2.81. The first-order valence-corrected chi connectivity index (χ1v) is 10.5. The normalized spacial score (nSPS) is 19.2. The molecule has 1 aliphatic carbocycles. The van der Waals surface area contributed by atoms with E-state index in [1.165, 1.54) is 12.1 Å². The number of rotatable bonds is 7. The Morgan fingerprint density at radius 1 is 1.06 bits per heavy atom. The molecule has 0 saturated heterocycles. The molecule has 2 N–H and O–H groups in total. The summed E-state index contributed by atoms with van der Waals surface area (Å²) in [6.45, 7) is 4.52. The molecule has 3 rings (SSSR count). The van der Waals surface area contributed by atoms with Gasteiger partial charge in [0.1, 0.15) is 11.6 Å². The van der Waals surface area contributed by atoms with Gasteiger partial charge in [-0.15, -0.1) is 13.2 Å². The predicted molar refractivity (Wildman–Crippen MR) is 115 cm³/mol. The lowest BCUT2D eigenvalue weighted by atomic mass is 9.91. The van der Waals surface area contributed by atoms with Gasteiger partial charge in [0.05, 0.1) is 0 Å². The number of hydrogen-bond donors (Lipinski definition) is 2. The van der Waals surface area contributed by atoms with E-state index in [4.69, 9.17) is 0 Å². The maximum absolute atomic E-state index is 12.4. The highest BCUT2D eigenvalue weighted by atomic mass is 19.4. The number of hydrogen-bond acceptors (Lipinski definition) is 6. The number of aromatic nitrogens is 2. The van der Waals surface area contributed by atoms with Crippen LogP contribution in [0.15, 0.2) is 24.3 Å². The van der Waals surface area contributed by atoms with Gasteiger partial charge in [-0.05, 0) is 57.2 Å². The second-order valence-electron chi connectivity index (χ2n) is 8.24. The molecule has 1 saturated carbocycles. The molecule has 2 aromatic rings. The predicted octanol–water partition coefficient (Wildman–Crippen LogP) is 4.57. The molecule has 0 aliphatic heterocycles. The lowest BCUT2D eigenvalue weighted by Gasteiger charge is -2.30.